The van der Waals surface area contributed by atoms with Gasteiger partial charge in [0.05, 0.1) is 12.0 Å². The summed E-state index contributed by atoms with van der Waals surface area (Å²) in [5.74, 6) is 1.62. The van der Waals surface area contributed by atoms with E-state index in [1.807, 2.05) is 11.0 Å². The first kappa shape index (κ1) is 16.5. The van der Waals surface area contributed by atoms with Crippen LogP contribution in [0.2, 0.25) is 0 Å². The van der Waals surface area contributed by atoms with Gasteiger partial charge in [-0.25, -0.2) is 9.97 Å². The lowest BCUT2D eigenvalue weighted by Gasteiger charge is -2.15. The van der Waals surface area contributed by atoms with Crippen LogP contribution in [0, 0.1) is 0 Å². The summed E-state index contributed by atoms with van der Waals surface area (Å²) in [5.41, 5.74) is 7.42. The van der Waals surface area contributed by atoms with Crippen LogP contribution in [0.15, 0.2) is 28.9 Å². The molecule has 1 amide bonds. The van der Waals surface area contributed by atoms with E-state index in [2.05, 4.69) is 20.4 Å². The molecule has 3 N–H and O–H groups in total. The Balaban J connectivity index is 1.35. The molecule has 1 fully saturated rings. The highest BCUT2D eigenvalue weighted by atomic mass is 16.3. The Hall–Kier alpha value is -2.94. The summed E-state index contributed by atoms with van der Waals surface area (Å²) in [6.07, 6.45) is 4.16. The number of rotatable bonds is 7. The maximum Gasteiger partial charge on any atom is 0.223 e. The van der Waals surface area contributed by atoms with Gasteiger partial charge >= 0.3 is 0 Å². The Morgan fingerprint density at radius 1 is 1.35 bits per heavy atom. The third-order valence-corrected chi connectivity index (χ3v) is 4.40. The number of anilines is 1. The molecule has 0 aliphatic carbocycles. The minimum Gasteiger partial charge on any atom is -0.461 e. The highest BCUT2D eigenvalue weighted by Crippen LogP contribution is 2.18. The maximum absolute atomic E-state index is 11.6. The van der Waals surface area contributed by atoms with Gasteiger partial charge in [0.15, 0.2) is 11.4 Å². The lowest BCUT2D eigenvalue weighted by atomic mass is 10.3. The van der Waals surface area contributed by atoms with E-state index >= 15 is 0 Å². The minimum atomic E-state index is 0.268. The number of amides is 1. The molecule has 1 aliphatic rings. The number of aromatic nitrogens is 4. The van der Waals surface area contributed by atoms with Crippen molar-refractivity contribution in [1.29, 1.82) is 0 Å². The molecule has 3 aromatic rings. The van der Waals surface area contributed by atoms with E-state index in [1.54, 1.807) is 18.4 Å². The van der Waals surface area contributed by atoms with Gasteiger partial charge in [0.25, 0.3) is 0 Å². The number of nitrogens with two attached hydrogens (primary N) is 1. The fourth-order valence-corrected chi connectivity index (χ4v) is 3.11. The Kier molecular flexibility index (Phi) is 4.53. The van der Waals surface area contributed by atoms with Gasteiger partial charge in [0.2, 0.25) is 17.7 Å². The van der Waals surface area contributed by atoms with Gasteiger partial charge in [-0.2, -0.15) is 4.52 Å². The Morgan fingerprint density at radius 3 is 3.04 bits per heavy atom. The number of fused-ring (bicyclic) bond motifs is 1. The third-order valence-electron chi connectivity index (χ3n) is 4.40. The SMILES string of the molecule is Nc1nc(CNCCCN2CCCC2=O)cc2nc(-c3ccco3)nn12. The van der Waals surface area contributed by atoms with Crippen LogP contribution in [0.3, 0.4) is 0 Å². The second-order valence-corrected chi connectivity index (χ2v) is 6.30. The molecule has 136 valence electrons. The molecule has 1 aliphatic heterocycles. The number of furan rings is 1. The number of carbonyl (C=O) groups is 1. The summed E-state index contributed by atoms with van der Waals surface area (Å²) in [5, 5.41) is 7.66. The van der Waals surface area contributed by atoms with E-state index in [4.69, 9.17) is 10.2 Å². The lowest BCUT2D eigenvalue weighted by Crippen LogP contribution is -2.28. The molecule has 0 aromatic carbocycles. The summed E-state index contributed by atoms with van der Waals surface area (Å²) >= 11 is 0. The Bertz CT molecular complexity index is 903. The first-order valence-electron chi connectivity index (χ1n) is 8.75. The molecule has 0 unspecified atom stereocenters. The van der Waals surface area contributed by atoms with Gasteiger partial charge in [-0.3, -0.25) is 4.79 Å². The summed E-state index contributed by atoms with van der Waals surface area (Å²) in [6, 6.07) is 5.44. The smallest absolute Gasteiger partial charge is 0.223 e. The van der Waals surface area contributed by atoms with Crippen molar-refractivity contribution >= 4 is 17.5 Å². The quantitative estimate of drug-likeness (QED) is 0.609. The first-order chi connectivity index (χ1) is 12.7. The van der Waals surface area contributed by atoms with Gasteiger partial charge in [-0.1, -0.05) is 0 Å². The molecule has 3 aromatic heterocycles. The van der Waals surface area contributed by atoms with Crippen molar-refractivity contribution in [3.63, 3.8) is 0 Å². The predicted octanol–water partition coefficient (Wildman–Crippen LogP) is 1.07. The van der Waals surface area contributed by atoms with E-state index in [9.17, 15) is 4.79 Å². The Labute approximate surface area is 150 Å². The molecule has 0 saturated carbocycles. The van der Waals surface area contributed by atoms with Crippen LogP contribution in [0.1, 0.15) is 25.0 Å². The van der Waals surface area contributed by atoms with Crippen LogP contribution in [0.4, 0.5) is 5.95 Å². The van der Waals surface area contributed by atoms with Gasteiger partial charge in [0, 0.05) is 32.1 Å². The van der Waals surface area contributed by atoms with E-state index in [0.29, 0.717) is 30.2 Å². The molecular weight excluding hydrogens is 334 g/mol. The second kappa shape index (κ2) is 7.12. The normalized spacial score (nSPS) is 14.6. The summed E-state index contributed by atoms with van der Waals surface area (Å²) in [6.45, 7) is 3.08. The lowest BCUT2D eigenvalue weighted by molar-refractivity contribution is -0.127. The molecule has 0 atom stereocenters. The molecule has 26 heavy (non-hydrogen) atoms. The van der Waals surface area contributed by atoms with Gasteiger partial charge in [-0.05, 0) is 31.5 Å². The highest BCUT2D eigenvalue weighted by molar-refractivity contribution is 5.77. The van der Waals surface area contributed by atoms with E-state index in [0.717, 1.165) is 38.2 Å². The van der Waals surface area contributed by atoms with Gasteiger partial charge < -0.3 is 20.4 Å². The third kappa shape index (κ3) is 3.38. The number of hydrogen-bond acceptors (Lipinski definition) is 7. The number of nitrogens with one attached hydrogen (secondary N) is 1. The molecular formula is C17H21N7O2. The van der Waals surface area contributed by atoms with Crippen molar-refractivity contribution < 1.29 is 9.21 Å². The average Bonchev–Trinajstić information content (AvgIpc) is 3.35. The predicted molar refractivity (Wildman–Crippen MR) is 95.0 cm³/mol. The molecule has 9 heteroatoms. The van der Waals surface area contributed by atoms with Crippen molar-refractivity contribution in [3.8, 4) is 11.6 Å². The largest absolute Gasteiger partial charge is 0.461 e. The van der Waals surface area contributed by atoms with Crippen LogP contribution in [-0.4, -0.2) is 50.0 Å². The topological polar surface area (TPSA) is 115 Å². The maximum atomic E-state index is 11.6. The average molecular weight is 355 g/mol. The summed E-state index contributed by atoms with van der Waals surface area (Å²) in [4.78, 5) is 22.3. The van der Waals surface area contributed by atoms with Crippen LogP contribution in [0.5, 0.6) is 0 Å². The zero-order chi connectivity index (χ0) is 17.9. The second-order valence-electron chi connectivity index (χ2n) is 6.30. The molecule has 9 nitrogen and oxygen atoms in total. The molecule has 0 radical (unpaired) electrons. The standard InChI is InChI=1S/C17H21N7O2/c18-17-20-12(11-19-6-3-8-23-7-1-5-15(23)25)10-14-21-16(22-24(14)17)13-4-2-9-26-13/h2,4,9-10,19H,1,3,5-8,11H2,(H2,18,20). The Morgan fingerprint density at radius 2 is 2.27 bits per heavy atom. The van der Waals surface area contributed by atoms with Gasteiger partial charge in [0.1, 0.15) is 0 Å². The number of likely N-dealkylation sites (tertiary alicyclic amines) is 1. The zero-order valence-corrected chi connectivity index (χ0v) is 14.4. The van der Waals surface area contributed by atoms with Crippen LogP contribution < -0.4 is 11.1 Å². The fraction of sp³-hybridized carbons (Fsp3) is 0.412. The van der Waals surface area contributed by atoms with Crippen LogP contribution >= 0.6 is 0 Å². The molecule has 1 saturated heterocycles. The van der Waals surface area contributed by atoms with E-state index in [1.165, 1.54) is 4.52 Å². The fourth-order valence-electron chi connectivity index (χ4n) is 3.11. The number of carbonyl (C=O) groups excluding carboxylic acids is 1. The van der Waals surface area contributed by atoms with Crippen molar-refractivity contribution in [2.24, 2.45) is 0 Å². The summed E-state index contributed by atoms with van der Waals surface area (Å²) in [7, 11) is 0. The monoisotopic (exact) mass is 355 g/mol. The van der Waals surface area contributed by atoms with Crippen LogP contribution in [-0.2, 0) is 11.3 Å². The highest BCUT2D eigenvalue weighted by Gasteiger charge is 2.19. The number of nitrogens with zero attached hydrogens (tertiary/aromatic N) is 5. The van der Waals surface area contributed by atoms with Crippen molar-refractivity contribution in [2.75, 3.05) is 25.4 Å². The molecule has 0 bridgehead atoms. The summed E-state index contributed by atoms with van der Waals surface area (Å²) < 4.78 is 6.82. The zero-order valence-electron chi connectivity index (χ0n) is 14.4. The number of nitrogen functional groups attached to an aromatic ring is 1. The van der Waals surface area contributed by atoms with Crippen molar-refractivity contribution in [1.82, 2.24) is 29.8 Å². The van der Waals surface area contributed by atoms with E-state index in [-0.39, 0.29) is 11.9 Å². The number of hydrogen-bond donors (Lipinski definition) is 2. The minimum absolute atomic E-state index is 0.268. The van der Waals surface area contributed by atoms with Crippen LogP contribution in [0.25, 0.3) is 17.2 Å². The molecule has 4 rings (SSSR count). The van der Waals surface area contributed by atoms with Gasteiger partial charge in [-0.15, -0.1) is 5.10 Å². The van der Waals surface area contributed by atoms with Crippen molar-refractivity contribution in [3.05, 3.63) is 30.2 Å². The van der Waals surface area contributed by atoms with E-state index < -0.39 is 0 Å². The van der Waals surface area contributed by atoms with Crippen molar-refractivity contribution in [2.45, 2.75) is 25.8 Å². The molecule has 0 spiro atoms. The first-order valence-corrected chi connectivity index (χ1v) is 8.75. The molecule has 4 heterocycles.